The first-order valence-electron chi connectivity index (χ1n) is 14.2. The number of ketones is 2. The third-order valence-electron chi connectivity index (χ3n) is 5.48. The molecule has 0 radical (unpaired) electrons. The van der Waals surface area contributed by atoms with Crippen molar-refractivity contribution in [3.8, 4) is 0 Å². The zero-order valence-corrected chi connectivity index (χ0v) is 28.4. The van der Waals surface area contributed by atoms with E-state index in [0.717, 1.165) is 38.1 Å². The highest BCUT2D eigenvalue weighted by Gasteiger charge is 2.25. The van der Waals surface area contributed by atoms with E-state index in [1.165, 1.54) is 48.5 Å². The van der Waals surface area contributed by atoms with Gasteiger partial charge in [0.2, 0.25) is 12.1 Å². The van der Waals surface area contributed by atoms with Crippen molar-refractivity contribution in [1.82, 2.24) is 0 Å². The molecule has 0 spiro atoms. The molecule has 2 amide bonds. The molecule has 0 saturated carbocycles. The van der Waals surface area contributed by atoms with Crippen LogP contribution in [0.3, 0.4) is 0 Å². The lowest BCUT2D eigenvalue weighted by molar-refractivity contribution is -0.127. The first kappa shape index (κ1) is 41.0. The molecule has 16 nitrogen and oxygen atoms in total. The van der Waals surface area contributed by atoms with Gasteiger partial charge in [-0.15, -0.1) is 0 Å². The molecule has 48 heavy (non-hydrogen) atoms. The van der Waals surface area contributed by atoms with Crippen molar-refractivity contribution in [1.29, 1.82) is 0 Å². The van der Waals surface area contributed by atoms with E-state index in [9.17, 15) is 45.1 Å². The molecule has 0 aliphatic carbocycles. The fraction of sp³-hybridized carbons (Fsp3) is 0.267. The Balaban J connectivity index is 0.00000277. The number of rotatable bonds is 12. The second kappa shape index (κ2) is 18.9. The fourth-order valence-corrected chi connectivity index (χ4v) is 4.37. The summed E-state index contributed by atoms with van der Waals surface area (Å²) in [5.74, 6) is -3.13. The lowest BCUT2D eigenvalue weighted by atomic mass is 10.2. The molecule has 0 saturated heterocycles. The van der Waals surface area contributed by atoms with Gasteiger partial charge in [0.1, 0.15) is 20.2 Å². The molecule has 3 rings (SSSR count). The Labute approximate surface area is 278 Å². The molecule has 0 bridgehead atoms. The maximum absolute atomic E-state index is 12.7. The minimum Gasteiger partial charge on any atom is -0.744 e. The molecule has 2 atom stereocenters. The molecule has 3 aromatic carbocycles. The van der Waals surface area contributed by atoms with Gasteiger partial charge in [0.15, 0.2) is 11.6 Å². The summed E-state index contributed by atoms with van der Waals surface area (Å²) < 4.78 is 67.1. The molecule has 0 aliphatic rings. The number of nitrogens with one attached hydrogen (secondary N) is 2. The third-order valence-corrected chi connectivity index (χ3v) is 7.14. The van der Waals surface area contributed by atoms with Crippen LogP contribution in [-0.2, 0) is 39.4 Å². The van der Waals surface area contributed by atoms with Gasteiger partial charge in [0.25, 0.3) is 11.8 Å². The Morgan fingerprint density at radius 3 is 1.17 bits per heavy atom. The average Bonchev–Trinajstić information content (AvgIpc) is 3.03. The van der Waals surface area contributed by atoms with Crippen molar-refractivity contribution in [2.75, 3.05) is 10.6 Å². The van der Waals surface area contributed by atoms with Crippen molar-refractivity contribution in [3.63, 3.8) is 0 Å². The maximum Gasteiger partial charge on any atom is 0.258 e. The summed E-state index contributed by atoms with van der Waals surface area (Å²) in [6.45, 7) is 10.2. The Morgan fingerprint density at radius 2 is 0.896 bits per heavy atom. The normalized spacial score (nSPS) is 12.5. The first-order valence-corrected chi connectivity index (χ1v) is 17.0. The van der Waals surface area contributed by atoms with Gasteiger partial charge in [0.05, 0.1) is 21.2 Å². The van der Waals surface area contributed by atoms with E-state index < -0.39 is 65.5 Å². The van der Waals surface area contributed by atoms with Gasteiger partial charge >= 0.3 is 0 Å². The van der Waals surface area contributed by atoms with Gasteiger partial charge in [0, 0.05) is 11.4 Å². The van der Waals surface area contributed by atoms with Gasteiger partial charge < -0.3 is 19.7 Å². The summed E-state index contributed by atoms with van der Waals surface area (Å²) in [5.41, 5.74) is 0.219. The van der Waals surface area contributed by atoms with Crippen LogP contribution < -0.4 is 10.6 Å². The van der Waals surface area contributed by atoms with Gasteiger partial charge in [-0.2, -0.15) is 20.5 Å². The lowest BCUT2D eigenvalue weighted by Gasteiger charge is -2.12. The Hall–Kier alpha value is -5.04. The Kier molecular flexibility index (Phi) is 16.2. The molecular formula is C30H34N6O10S2-2. The number of nitrogens with zero attached hydrogens (tertiary/aromatic N) is 4. The average molecular weight is 703 g/mol. The van der Waals surface area contributed by atoms with E-state index in [0.29, 0.717) is 0 Å². The number of amides is 2. The zero-order chi connectivity index (χ0) is 36.7. The van der Waals surface area contributed by atoms with Crippen LogP contribution in [0.5, 0.6) is 0 Å². The van der Waals surface area contributed by atoms with Crippen molar-refractivity contribution < 1.29 is 45.1 Å². The van der Waals surface area contributed by atoms with Gasteiger partial charge in [-0.05, 0) is 74.5 Å². The van der Waals surface area contributed by atoms with Crippen LogP contribution in [0.25, 0.3) is 0 Å². The molecule has 2 unspecified atom stereocenters. The molecule has 0 heterocycles. The quantitative estimate of drug-likeness (QED) is 0.146. The highest BCUT2D eigenvalue weighted by Crippen LogP contribution is 2.21. The standard InChI is InChI=1S/C26H24N6O10S2.2C2H6/c1-15(33)23(31-29-19-5-3-7-21(13-19)43(37,38)39)25(35)27-17-9-11-18(12-10-17)28-26(36)24(16(2)34)32-30-20-6-4-8-22(14-20)44(40,41)42;2*1-2/h3-14,23-24H,1-2H3,(H,27,35)(H,28,36)(H,37,38,39)(H,40,41,42);2*1-2H3/p-2. The number of Topliss-reactive ketones (excluding diaryl/α,β-unsaturated/α-hetero) is 2. The smallest absolute Gasteiger partial charge is 0.258 e. The zero-order valence-electron chi connectivity index (χ0n) is 26.8. The highest BCUT2D eigenvalue weighted by molar-refractivity contribution is 7.86. The summed E-state index contributed by atoms with van der Waals surface area (Å²) in [5, 5.41) is 19.6. The van der Waals surface area contributed by atoms with Crippen LogP contribution in [0.4, 0.5) is 22.7 Å². The molecule has 0 fully saturated rings. The van der Waals surface area contributed by atoms with Crippen molar-refractivity contribution in [2.24, 2.45) is 20.5 Å². The minimum atomic E-state index is -4.76. The second-order valence-electron chi connectivity index (χ2n) is 8.92. The van der Waals surface area contributed by atoms with E-state index >= 15 is 0 Å². The maximum atomic E-state index is 12.7. The van der Waals surface area contributed by atoms with E-state index in [2.05, 4.69) is 31.1 Å². The van der Waals surface area contributed by atoms with Crippen LogP contribution in [-0.4, -0.2) is 61.4 Å². The molecule has 18 heteroatoms. The Morgan fingerprint density at radius 1 is 0.583 bits per heavy atom. The largest absolute Gasteiger partial charge is 0.744 e. The second-order valence-corrected chi connectivity index (χ2v) is 11.7. The topological polar surface area (TPSA) is 256 Å². The molecular weight excluding hydrogens is 668 g/mol. The van der Waals surface area contributed by atoms with E-state index in [1.807, 2.05) is 27.7 Å². The number of benzene rings is 3. The molecule has 0 aliphatic heterocycles. The number of anilines is 2. The summed E-state index contributed by atoms with van der Waals surface area (Å²) >= 11 is 0. The number of carbonyl (C=O) groups excluding carboxylic acids is 4. The van der Waals surface area contributed by atoms with Gasteiger partial charge in [-0.3, -0.25) is 19.2 Å². The van der Waals surface area contributed by atoms with Crippen LogP contribution >= 0.6 is 0 Å². The van der Waals surface area contributed by atoms with Crippen LogP contribution in [0.1, 0.15) is 41.5 Å². The fourth-order valence-electron chi connectivity index (χ4n) is 3.35. The van der Waals surface area contributed by atoms with Crippen LogP contribution in [0, 0.1) is 0 Å². The highest BCUT2D eigenvalue weighted by atomic mass is 32.2. The number of hydrogen-bond acceptors (Lipinski definition) is 14. The monoisotopic (exact) mass is 702 g/mol. The Bertz CT molecular complexity index is 1740. The summed E-state index contributed by atoms with van der Waals surface area (Å²) in [4.78, 5) is 48.3. The van der Waals surface area contributed by atoms with Gasteiger partial charge in [-0.25, -0.2) is 16.8 Å². The summed E-state index contributed by atoms with van der Waals surface area (Å²) in [7, 11) is -9.51. The molecule has 258 valence electrons. The third kappa shape index (κ3) is 13.0. The predicted molar refractivity (Wildman–Crippen MR) is 173 cm³/mol. The molecule has 0 aromatic heterocycles. The van der Waals surface area contributed by atoms with Crippen molar-refractivity contribution in [2.45, 2.75) is 63.4 Å². The predicted octanol–water partition coefficient (Wildman–Crippen LogP) is 4.91. The summed E-state index contributed by atoms with van der Waals surface area (Å²) in [6, 6.07) is 11.3. The summed E-state index contributed by atoms with van der Waals surface area (Å²) in [6.07, 6.45) is 0. The van der Waals surface area contributed by atoms with E-state index in [-0.39, 0.29) is 22.7 Å². The van der Waals surface area contributed by atoms with E-state index in [1.54, 1.807) is 0 Å². The first-order chi connectivity index (χ1) is 22.5. The van der Waals surface area contributed by atoms with Crippen LogP contribution in [0.15, 0.2) is 103 Å². The van der Waals surface area contributed by atoms with Gasteiger partial charge in [-0.1, -0.05) is 39.8 Å². The SMILES string of the molecule is CC.CC.CC(=O)C(N=Nc1cccc(S(=O)(=O)[O-])c1)C(=O)Nc1ccc(NC(=O)C(N=Nc2cccc(S(=O)(=O)[O-])c2)C(C)=O)cc1. The molecule has 3 aromatic rings. The number of carbonyl (C=O) groups is 4. The number of azo groups is 2. The van der Waals surface area contributed by atoms with Crippen molar-refractivity contribution in [3.05, 3.63) is 72.8 Å². The molecule has 2 N–H and O–H groups in total. The van der Waals surface area contributed by atoms with E-state index in [4.69, 9.17) is 0 Å². The lowest BCUT2D eigenvalue weighted by Crippen LogP contribution is -2.32. The number of hydrogen-bond donors (Lipinski definition) is 2. The van der Waals surface area contributed by atoms with Crippen LogP contribution in [0.2, 0.25) is 0 Å². The minimum absolute atomic E-state index is 0.0756. The van der Waals surface area contributed by atoms with Crippen molar-refractivity contribution >= 4 is 66.4 Å².